The number of aliphatic hydroxyl groups excluding tert-OH is 2. The summed E-state index contributed by atoms with van der Waals surface area (Å²) in [7, 11) is 0. The topological polar surface area (TPSA) is 98.0 Å². The van der Waals surface area contributed by atoms with E-state index in [4.69, 9.17) is 5.11 Å². The van der Waals surface area contributed by atoms with E-state index in [9.17, 15) is 20.1 Å². The molecule has 2 unspecified atom stereocenters. The van der Waals surface area contributed by atoms with Crippen molar-refractivity contribution in [3.63, 3.8) is 0 Å². The SMILES string of the molecule is C=C1CC(O)CC(C)(C)C1(O)C=CC(O)=CC(=O)O. The van der Waals surface area contributed by atoms with E-state index < -0.39 is 28.8 Å². The third-order valence-corrected chi connectivity index (χ3v) is 3.57. The first-order valence-corrected chi connectivity index (χ1v) is 6.00. The number of allylic oxidation sites excluding steroid dienone is 1. The van der Waals surface area contributed by atoms with Gasteiger partial charge in [0.2, 0.25) is 0 Å². The molecule has 0 aliphatic heterocycles. The average molecular weight is 268 g/mol. The van der Waals surface area contributed by atoms with Crippen molar-refractivity contribution in [2.45, 2.75) is 38.4 Å². The minimum Gasteiger partial charge on any atom is -0.508 e. The molecule has 0 aromatic heterocycles. The third kappa shape index (κ3) is 3.24. The van der Waals surface area contributed by atoms with Crippen LogP contribution in [0.2, 0.25) is 0 Å². The molecule has 4 N–H and O–H groups in total. The summed E-state index contributed by atoms with van der Waals surface area (Å²) >= 11 is 0. The quantitative estimate of drug-likeness (QED) is 0.269. The second-order valence-electron chi connectivity index (χ2n) is 5.56. The van der Waals surface area contributed by atoms with E-state index in [0.29, 0.717) is 18.1 Å². The number of carbonyl (C=O) groups is 1. The zero-order chi connectivity index (χ0) is 14.8. The largest absolute Gasteiger partial charge is 0.508 e. The van der Waals surface area contributed by atoms with Crippen molar-refractivity contribution in [3.05, 3.63) is 36.1 Å². The van der Waals surface area contributed by atoms with Gasteiger partial charge in [-0.2, -0.15) is 0 Å². The van der Waals surface area contributed by atoms with Crippen LogP contribution in [-0.4, -0.2) is 38.1 Å². The van der Waals surface area contributed by atoms with Crippen LogP contribution in [0.15, 0.2) is 36.1 Å². The van der Waals surface area contributed by atoms with Crippen molar-refractivity contribution >= 4 is 5.97 Å². The molecule has 0 spiro atoms. The Kier molecular flexibility index (Phi) is 4.22. The highest BCUT2D eigenvalue weighted by Crippen LogP contribution is 2.47. The second-order valence-corrected chi connectivity index (χ2v) is 5.56. The fourth-order valence-corrected chi connectivity index (χ4v) is 2.46. The smallest absolute Gasteiger partial charge is 0.332 e. The lowest BCUT2D eigenvalue weighted by atomic mass is 9.62. The van der Waals surface area contributed by atoms with Crippen LogP contribution in [0.25, 0.3) is 0 Å². The van der Waals surface area contributed by atoms with Crippen LogP contribution in [0, 0.1) is 5.41 Å². The number of hydrogen-bond donors (Lipinski definition) is 4. The van der Waals surface area contributed by atoms with Gasteiger partial charge in [0.15, 0.2) is 0 Å². The fourth-order valence-electron chi connectivity index (χ4n) is 2.46. The maximum Gasteiger partial charge on any atom is 0.332 e. The zero-order valence-corrected chi connectivity index (χ0v) is 11.1. The predicted molar refractivity (Wildman–Crippen MR) is 70.6 cm³/mol. The summed E-state index contributed by atoms with van der Waals surface area (Å²) in [6, 6.07) is 0. The van der Waals surface area contributed by atoms with Gasteiger partial charge in [-0.3, -0.25) is 0 Å². The summed E-state index contributed by atoms with van der Waals surface area (Å²) in [5.41, 5.74) is -1.62. The summed E-state index contributed by atoms with van der Waals surface area (Å²) in [6.45, 7) is 7.33. The lowest BCUT2D eigenvalue weighted by molar-refractivity contribution is -0.131. The van der Waals surface area contributed by atoms with Crippen molar-refractivity contribution in [3.8, 4) is 0 Å². The standard InChI is InChI=1S/C14H20O5/c1-9-6-11(16)8-13(2,3)14(9,19)5-4-10(15)7-12(17)18/h4-5,7,11,15-16,19H,1,6,8H2,2-3H3,(H,17,18). The molecule has 1 rings (SSSR count). The maximum atomic E-state index is 10.7. The van der Waals surface area contributed by atoms with Crippen LogP contribution in [0.4, 0.5) is 0 Å². The second kappa shape index (κ2) is 5.19. The Bertz CT molecular complexity index is 447. The van der Waals surface area contributed by atoms with Crippen molar-refractivity contribution in [2.24, 2.45) is 5.41 Å². The molecule has 1 fully saturated rings. The molecule has 0 saturated heterocycles. The molecular formula is C14H20O5. The van der Waals surface area contributed by atoms with Gasteiger partial charge in [-0.1, -0.05) is 20.4 Å². The zero-order valence-electron chi connectivity index (χ0n) is 11.1. The lowest BCUT2D eigenvalue weighted by Gasteiger charge is -2.47. The monoisotopic (exact) mass is 268 g/mol. The molecular weight excluding hydrogens is 248 g/mol. The summed E-state index contributed by atoms with van der Waals surface area (Å²) in [5, 5.41) is 38.3. The summed E-state index contributed by atoms with van der Waals surface area (Å²) in [5.74, 6) is -1.73. The Hall–Kier alpha value is -1.59. The Morgan fingerprint density at radius 1 is 1.42 bits per heavy atom. The van der Waals surface area contributed by atoms with E-state index in [1.165, 1.54) is 6.08 Å². The van der Waals surface area contributed by atoms with E-state index in [1.807, 2.05) is 0 Å². The molecule has 106 valence electrons. The molecule has 0 amide bonds. The molecule has 1 saturated carbocycles. The number of aliphatic hydroxyl groups is 3. The molecule has 2 atom stereocenters. The number of carboxylic acids is 1. The molecule has 0 heterocycles. The van der Waals surface area contributed by atoms with E-state index >= 15 is 0 Å². The maximum absolute atomic E-state index is 10.7. The Labute approximate surface area is 112 Å². The van der Waals surface area contributed by atoms with Crippen molar-refractivity contribution in [1.29, 1.82) is 0 Å². The van der Waals surface area contributed by atoms with Crippen molar-refractivity contribution < 1.29 is 25.2 Å². The molecule has 0 radical (unpaired) electrons. The molecule has 5 nitrogen and oxygen atoms in total. The number of rotatable bonds is 3. The Morgan fingerprint density at radius 2 is 2.00 bits per heavy atom. The Morgan fingerprint density at radius 3 is 2.47 bits per heavy atom. The lowest BCUT2D eigenvalue weighted by Crippen LogP contribution is -2.50. The van der Waals surface area contributed by atoms with E-state index in [1.54, 1.807) is 13.8 Å². The van der Waals surface area contributed by atoms with Gasteiger partial charge in [-0.05, 0) is 30.6 Å². The van der Waals surface area contributed by atoms with Crippen LogP contribution >= 0.6 is 0 Å². The molecule has 1 aliphatic carbocycles. The van der Waals surface area contributed by atoms with Gasteiger partial charge in [0.25, 0.3) is 0 Å². The van der Waals surface area contributed by atoms with Gasteiger partial charge in [-0.15, -0.1) is 0 Å². The van der Waals surface area contributed by atoms with E-state index in [-0.39, 0.29) is 6.42 Å². The molecule has 5 heteroatoms. The van der Waals surface area contributed by atoms with Crippen LogP contribution in [-0.2, 0) is 4.79 Å². The van der Waals surface area contributed by atoms with Crippen LogP contribution in [0.5, 0.6) is 0 Å². The normalized spacial score (nSPS) is 31.7. The fraction of sp³-hybridized carbons (Fsp3) is 0.500. The highest BCUT2D eigenvalue weighted by Gasteiger charge is 2.48. The summed E-state index contributed by atoms with van der Waals surface area (Å²) < 4.78 is 0. The van der Waals surface area contributed by atoms with Gasteiger partial charge in [0, 0.05) is 5.41 Å². The molecule has 19 heavy (non-hydrogen) atoms. The number of aliphatic carboxylic acids is 1. The van der Waals surface area contributed by atoms with Gasteiger partial charge >= 0.3 is 5.97 Å². The van der Waals surface area contributed by atoms with Crippen molar-refractivity contribution in [1.82, 2.24) is 0 Å². The van der Waals surface area contributed by atoms with E-state index in [2.05, 4.69) is 6.58 Å². The highest BCUT2D eigenvalue weighted by molar-refractivity contribution is 5.80. The summed E-state index contributed by atoms with van der Waals surface area (Å²) in [6.07, 6.45) is 3.20. The molecule has 0 aromatic carbocycles. The Balaban J connectivity index is 3.05. The highest BCUT2D eigenvalue weighted by atomic mass is 16.4. The van der Waals surface area contributed by atoms with Gasteiger partial charge in [-0.25, -0.2) is 4.79 Å². The summed E-state index contributed by atoms with van der Waals surface area (Å²) in [4.78, 5) is 10.4. The first-order chi connectivity index (χ1) is 8.58. The van der Waals surface area contributed by atoms with Gasteiger partial charge < -0.3 is 20.4 Å². The average Bonchev–Trinajstić information content (AvgIpc) is 2.21. The molecule has 0 aromatic rings. The first-order valence-electron chi connectivity index (χ1n) is 6.00. The van der Waals surface area contributed by atoms with Crippen molar-refractivity contribution in [2.75, 3.05) is 0 Å². The first kappa shape index (κ1) is 15.5. The molecule has 1 aliphatic rings. The molecule has 0 bridgehead atoms. The number of hydrogen-bond acceptors (Lipinski definition) is 4. The van der Waals surface area contributed by atoms with Crippen LogP contribution in [0.1, 0.15) is 26.7 Å². The van der Waals surface area contributed by atoms with Gasteiger partial charge in [0.1, 0.15) is 11.4 Å². The van der Waals surface area contributed by atoms with E-state index in [0.717, 1.165) is 6.08 Å². The van der Waals surface area contributed by atoms with Crippen LogP contribution in [0.3, 0.4) is 0 Å². The minimum absolute atomic E-state index is 0.272. The predicted octanol–water partition coefficient (Wildman–Crippen LogP) is 1.54. The minimum atomic E-state index is -1.40. The number of carboxylic acid groups (broad SMARTS) is 1. The van der Waals surface area contributed by atoms with Crippen LogP contribution < -0.4 is 0 Å². The van der Waals surface area contributed by atoms with Gasteiger partial charge in [0.05, 0.1) is 12.2 Å². The third-order valence-electron chi connectivity index (χ3n) is 3.57.